The molecule has 3 heterocycles. The number of fused-ring (bicyclic) bond motifs is 1. The van der Waals surface area contributed by atoms with Crippen molar-refractivity contribution in [2.24, 2.45) is 11.3 Å². The summed E-state index contributed by atoms with van der Waals surface area (Å²) in [5, 5.41) is 1.07. The van der Waals surface area contributed by atoms with Crippen LogP contribution in [0.5, 0.6) is 0 Å². The van der Waals surface area contributed by atoms with E-state index in [9.17, 15) is 4.79 Å². The first kappa shape index (κ1) is 18.1. The molecule has 1 aromatic carbocycles. The number of carbonyl (C=O) groups is 1. The molecule has 5 nitrogen and oxygen atoms in total. The van der Waals surface area contributed by atoms with Crippen LogP contribution in [0.25, 0.3) is 10.9 Å². The molecule has 1 aromatic heterocycles. The van der Waals surface area contributed by atoms with Gasteiger partial charge in [-0.3, -0.25) is 4.79 Å². The number of piperidine rings is 1. The van der Waals surface area contributed by atoms with Gasteiger partial charge in [0.25, 0.3) is 5.91 Å². The average Bonchev–Trinajstić information content (AvgIpc) is 3.56. The van der Waals surface area contributed by atoms with Crippen LogP contribution >= 0.6 is 0 Å². The number of rotatable bonds is 3. The molecule has 0 N–H and O–H groups in total. The van der Waals surface area contributed by atoms with E-state index in [1.807, 2.05) is 41.3 Å². The Kier molecular flexibility index (Phi) is 4.81. The van der Waals surface area contributed by atoms with Gasteiger partial charge in [-0.15, -0.1) is 0 Å². The largest absolute Gasteiger partial charge is 0.379 e. The number of nitrogens with zero attached hydrogens (tertiary/aromatic N) is 3. The molecule has 1 atom stereocenters. The fourth-order valence-corrected chi connectivity index (χ4v) is 4.88. The fourth-order valence-electron chi connectivity index (χ4n) is 4.88. The predicted octanol–water partition coefficient (Wildman–Crippen LogP) is 3.20. The van der Waals surface area contributed by atoms with Gasteiger partial charge in [0.15, 0.2) is 0 Å². The van der Waals surface area contributed by atoms with Gasteiger partial charge in [-0.1, -0.05) is 24.3 Å². The van der Waals surface area contributed by atoms with Crippen molar-refractivity contribution in [3.63, 3.8) is 0 Å². The molecule has 3 aliphatic rings. The highest BCUT2D eigenvalue weighted by Crippen LogP contribution is 2.36. The van der Waals surface area contributed by atoms with Crippen LogP contribution in [0.2, 0.25) is 0 Å². The third-order valence-corrected chi connectivity index (χ3v) is 6.50. The van der Waals surface area contributed by atoms with Crippen LogP contribution in [0.15, 0.2) is 36.4 Å². The SMILES string of the molecule is O=C(c1ccc2ccccc2n1)N1CCCC2(COCCN(CC3CC3)C2)C1. The second-order valence-electron chi connectivity index (χ2n) is 8.95. The normalized spacial score (nSPS) is 26.5. The molecule has 1 unspecified atom stereocenters. The van der Waals surface area contributed by atoms with Crippen molar-refractivity contribution in [3.8, 4) is 0 Å². The van der Waals surface area contributed by atoms with Crippen molar-refractivity contribution in [3.05, 3.63) is 42.1 Å². The number of para-hydroxylation sites is 1. The second kappa shape index (κ2) is 7.45. The number of likely N-dealkylation sites (tertiary alicyclic amines) is 1. The Morgan fingerprint density at radius 2 is 2.04 bits per heavy atom. The van der Waals surface area contributed by atoms with Crippen LogP contribution in [0.1, 0.15) is 36.2 Å². The molecule has 5 heteroatoms. The Labute approximate surface area is 166 Å². The van der Waals surface area contributed by atoms with Gasteiger partial charge in [-0.2, -0.15) is 0 Å². The van der Waals surface area contributed by atoms with Gasteiger partial charge < -0.3 is 14.5 Å². The minimum Gasteiger partial charge on any atom is -0.379 e. The molecule has 0 bridgehead atoms. The minimum absolute atomic E-state index is 0.0582. The summed E-state index contributed by atoms with van der Waals surface area (Å²) in [5.41, 5.74) is 1.50. The quantitative estimate of drug-likeness (QED) is 0.822. The lowest BCUT2D eigenvalue weighted by Crippen LogP contribution is -2.52. The molecule has 3 fully saturated rings. The molecule has 1 spiro atoms. The van der Waals surface area contributed by atoms with Crippen molar-refractivity contribution in [2.75, 3.05) is 45.9 Å². The zero-order valence-corrected chi connectivity index (χ0v) is 16.5. The maximum atomic E-state index is 13.2. The average molecular weight is 380 g/mol. The summed E-state index contributed by atoms with van der Waals surface area (Å²) < 4.78 is 6.02. The first-order valence-corrected chi connectivity index (χ1v) is 10.7. The van der Waals surface area contributed by atoms with Gasteiger partial charge in [0.05, 0.1) is 18.7 Å². The Bertz CT molecular complexity index is 866. The minimum atomic E-state index is 0.0582. The van der Waals surface area contributed by atoms with E-state index in [2.05, 4.69) is 9.88 Å². The van der Waals surface area contributed by atoms with E-state index in [-0.39, 0.29) is 11.3 Å². The zero-order chi connectivity index (χ0) is 19.0. The van der Waals surface area contributed by atoms with E-state index < -0.39 is 0 Å². The van der Waals surface area contributed by atoms with Crippen molar-refractivity contribution < 1.29 is 9.53 Å². The Morgan fingerprint density at radius 1 is 1.14 bits per heavy atom. The summed E-state index contributed by atoms with van der Waals surface area (Å²) in [6, 6.07) is 11.8. The summed E-state index contributed by atoms with van der Waals surface area (Å²) in [6.07, 6.45) is 4.94. The lowest BCUT2D eigenvalue weighted by atomic mass is 9.80. The summed E-state index contributed by atoms with van der Waals surface area (Å²) >= 11 is 0. The van der Waals surface area contributed by atoms with Crippen LogP contribution in [0.3, 0.4) is 0 Å². The van der Waals surface area contributed by atoms with Crippen molar-refractivity contribution >= 4 is 16.8 Å². The molecule has 28 heavy (non-hydrogen) atoms. The van der Waals surface area contributed by atoms with Crippen LogP contribution in [-0.2, 0) is 4.74 Å². The highest BCUT2D eigenvalue weighted by atomic mass is 16.5. The summed E-state index contributed by atoms with van der Waals surface area (Å²) in [5.74, 6) is 0.945. The molecule has 1 aliphatic carbocycles. The summed E-state index contributed by atoms with van der Waals surface area (Å²) in [7, 11) is 0. The van der Waals surface area contributed by atoms with E-state index in [0.717, 1.165) is 69.1 Å². The lowest BCUT2D eigenvalue weighted by molar-refractivity contribution is 0.00696. The predicted molar refractivity (Wildman–Crippen MR) is 109 cm³/mol. The van der Waals surface area contributed by atoms with E-state index in [0.29, 0.717) is 5.69 Å². The highest BCUT2D eigenvalue weighted by Gasteiger charge is 2.41. The maximum absolute atomic E-state index is 13.2. The number of aromatic nitrogens is 1. The van der Waals surface area contributed by atoms with Crippen LogP contribution in [0.4, 0.5) is 0 Å². The molecule has 148 valence electrons. The first-order chi connectivity index (χ1) is 13.7. The van der Waals surface area contributed by atoms with Gasteiger partial charge in [-0.25, -0.2) is 4.98 Å². The van der Waals surface area contributed by atoms with Crippen LogP contribution < -0.4 is 0 Å². The monoisotopic (exact) mass is 379 g/mol. The van der Waals surface area contributed by atoms with Gasteiger partial charge in [-0.05, 0) is 43.7 Å². The van der Waals surface area contributed by atoms with Crippen LogP contribution in [0, 0.1) is 11.3 Å². The van der Waals surface area contributed by atoms with Crippen molar-refractivity contribution in [2.45, 2.75) is 25.7 Å². The Balaban J connectivity index is 1.34. The number of benzene rings is 1. The molecule has 5 rings (SSSR count). The van der Waals surface area contributed by atoms with E-state index in [1.54, 1.807) is 0 Å². The molecule has 0 radical (unpaired) electrons. The van der Waals surface area contributed by atoms with Gasteiger partial charge >= 0.3 is 0 Å². The zero-order valence-electron chi connectivity index (χ0n) is 16.5. The second-order valence-corrected chi connectivity index (χ2v) is 8.95. The molecule has 1 saturated carbocycles. The van der Waals surface area contributed by atoms with Gasteiger partial charge in [0, 0.05) is 43.5 Å². The Morgan fingerprint density at radius 3 is 2.93 bits per heavy atom. The third kappa shape index (κ3) is 3.78. The smallest absolute Gasteiger partial charge is 0.272 e. The summed E-state index contributed by atoms with van der Waals surface area (Å²) in [4.78, 5) is 22.5. The van der Waals surface area contributed by atoms with Gasteiger partial charge in [0.2, 0.25) is 0 Å². The number of amides is 1. The lowest BCUT2D eigenvalue weighted by Gasteiger charge is -2.43. The van der Waals surface area contributed by atoms with Crippen LogP contribution in [-0.4, -0.2) is 66.6 Å². The van der Waals surface area contributed by atoms with Gasteiger partial charge in [0.1, 0.15) is 5.69 Å². The van der Waals surface area contributed by atoms with Crippen molar-refractivity contribution in [1.29, 1.82) is 0 Å². The topological polar surface area (TPSA) is 45.7 Å². The number of pyridine rings is 1. The maximum Gasteiger partial charge on any atom is 0.272 e. The molecular weight excluding hydrogens is 350 g/mol. The summed E-state index contributed by atoms with van der Waals surface area (Å²) in [6.45, 7) is 6.46. The molecule has 1 amide bonds. The molecule has 2 aliphatic heterocycles. The number of hydrogen-bond donors (Lipinski definition) is 0. The van der Waals surface area contributed by atoms with E-state index in [1.165, 1.54) is 19.4 Å². The Hall–Kier alpha value is -1.98. The fraction of sp³-hybridized carbons (Fsp3) is 0.565. The highest BCUT2D eigenvalue weighted by molar-refractivity contribution is 5.95. The molecular formula is C23H29N3O2. The van der Waals surface area contributed by atoms with E-state index in [4.69, 9.17) is 4.74 Å². The molecule has 2 aromatic rings. The van der Waals surface area contributed by atoms with Crippen molar-refractivity contribution in [1.82, 2.24) is 14.8 Å². The number of ether oxygens (including phenoxy) is 1. The van der Waals surface area contributed by atoms with E-state index >= 15 is 0 Å². The standard InChI is InChI=1S/C23H29N3O2/c27-22(21-9-8-19-4-1-2-5-20(19)24-21)26-11-3-10-23(16-26)15-25(12-13-28-17-23)14-18-6-7-18/h1-2,4-5,8-9,18H,3,6-7,10-17H2. The number of hydrogen-bond acceptors (Lipinski definition) is 4. The molecule has 2 saturated heterocycles. The first-order valence-electron chi connectivity index (χ1n) is 10.7. The third-order valence-electron chi connectivity index (χ3n) is 6.50. The number of carbonyl (C=O) groups excluding carboxylic acids is 1.